The van der Waals surface area contributed by atoms with E-state index in [1.54, 1.807) is 11.3 Å². The minimum Gasteiger partial charge on any atom is -0.326 e. The van der Waals surface area contributed by atoms with E-state index >= 15 is 0 Å². The highest BCUT2D eigenvalue weighted by molar-refractivity contribution is 7.16. The molecule has 1 aromatic rings. The van der Waals surface area contributed by atoms with E-state index in [0.717, 1.165) is 17.4 Å². The van der Waals surface area contributed by atoms with E-state index in [-0.39, 0.29) is 12.1 Å². The first-order valence-corrected chi connectivity index (χ1v) is 8.25. The maximum absolute atomic E-state index is 6.25. The second kappa shape index (κ2) is 7.63. The molecule has 0 saturated heterocycles. The Labute approximate surface area is 126 Å². The Morgan fingerprint density at radius 3 is 1.95 bits per heavy atom. The van der Waals surface area contributed by atoms with Crippen LogP contribution in [0, 0.1) is 11.8 Å². The minimum absolute atomic E-state index is 0.104. The summed E-state index contributed by atoms with van der Waals surface area (Å²) in [4.78, 5) is 3.80. The van der Waals surface area contributed by atoms with Gasteiger partial charge in [0.25, 0.3) is 0 Å². The molecule has 0 bridgehead atoms. The Balaban J connectivity index is 2.97. The third-order valence-electron chi connectivity index (χ3n) is 2.98. The normalized spacial score (nSPS) is 15.5. The fraction of sp³-hybridized carbons (Fsp3) is 0.733. The Hall–Kier alpha value is -0.0900. The second-order valence-electron chi connectivity index (χ2n) is 6.19. The van der Waals surface area contributed by atoms with Crippen molar-refractivity contribution in [3.63, 3.8) is 0 Å². The van der Waals surface area contributed by atoms with Crippen molar-refractivity contribution < 1.29 is 0 Å². The van der Waals surface area contributed by atoms with Crippen LogP contribution in [-0.2, 0) is 0 Å². The molecule has 0 saturated carbocycles. The molecule has 2 nitrogen and oxygen atoms in total. The van der Waals surface area contributed by atoms with Crippen LogP contribution < -0.4 is 5.73 Å². The Kier molecular flexibility index (Phi) is 6.81. The number of rotatable bonds is 7. The highest BCUT2D eigenvalue weighted by Crippen LogP contribution is 2.33. The zero-order valence-electron chi connectivity index (χ0n) is 12.7. The lowest BCUT2D eigenvalue weighted by atomic mass is 10.0. The zero-order chi connectivity index (χ0) is 14.6. The number of hydrogen-bond donors (Lipinski definition) is 1. The van der Waals surface area contributed by atoms with Crippen molar-refractivity contribution >= 4 is 22.9 Å². The molecule has 0 radical (unpaired) electrons. The van der Waals surface area contributed by atoms with Crippen LogP contribution in [0.1, 0.15) is 45.5 Å². The molecule has 2 unspecified atom stereocenters. The summed E-state index contributed by atoms with van der Waals surface area (Å²) in [5.41, 5.74) is 6.25. The quantitative estimate of drug-likeness (QED) is 0.808. The van der Waals surface area contributed by atoms with Crippen molar-refractivity contribution in [3.05, 3.63) is 21.3 Å². The predicted octanol–water partition coefficient (Wildman–Crippen LogP) is 4.40. The number of nitrogens with two attached hydrogens (primary N) is 1. The number of halogens is 1. The van der Waals surface area contributed by atoms with Gasteiger partial charge >= 0.3 is 0 Å². The molecular formula is C15H27ClN2S. The standard InChI is InChI=1S/C15H27ClN2S/c1-10(2)8-18(9-11(3)4)15(12(5)17)13-6-7-14(16)19-13/h6-7,10-12,15H,8-9,17H2,1-5H3. The van der Waals surface area contributed by atoms with Gasteiger partial charge in [-0.15, -0.1) is 11.3 Å². The van der Waals surface area contributed by atoms with Gasteiger partial charge < -0.3 is 5.73 Å². The predicted molar refractivity (Wildman–Crippen MR) is 87.0 cm³/mol. The second-order valence-corrected chi connectivity index (χ2v) is 7.93. The molecule has 4 heteroatoms. The largest absolute Gasteiger partial charge is 0.326 e. The Bertz CT molecular complexity index is 364. The molecule has 1 heterocycles. The maximum Gasteiger partial charge on any atom is 0.0931 e. The van der Waals surface area contributed by atoms with Crippen molar-refractivity contribution in [2.75, 3.05) is 13.1 Å². The summed E-state index contributed by atoms with van der Waals surface area (Å²) in [6.07, 6.45) is 0. The van der Waals surface area contributed by atoms with Gasteiger partial charge in [-0.05, 0) is 30.9 Å². The van der Waals surface area contributed by atoms with Crippen molar-refractivity contribution in [1.29, 1.82) is 0 Å². The first-order chi connectivity index (χ1) is 8.81. The highest BCUT2D eigenvalue weighted by atomic mass is 35.5. The van der Waals surface area contributed by atoms with Gasteiger partial charge in [-0.1, -0.05) is 39.3 Å². The summed E-state index contributed by atoms with van der Waals surface area (Å²) >= 11 is 7.73. The molecule has 1 rings (SSSR count). The SMILES string of the molecule is CC(C)CN(CC(C)C)C(c1ccc(Cl)s1)C(C)N. The van der Waals surface area contributed by atoms with E-state index < -0.39 is 0 Å². The molecule has 2 atom stereocenters. The third-order valence-corrected chi connectivity index (χ3v) is 4.28. The molecule has 0 aliphatic heterocycles. The lowest BCUT2D eigenvalue weighted by Gasteiger charge is -2.36. The van der Waals surface area contributed by atoms with Crippen LogP contribution in [0.2, 0.25) is 4.34 Å². The van der Waals surface area contributed by atoms with Gasteiger partial charge in [0.2, 0.25) is 0 Å². The van der Waals surface area contributed by atoms with E-state index in [0.29, 0.717) is 11.8 Å². The summed E-state index contributed by atoms with van der Waals surface area (Å²) in [5.74, 6) is 1.27. The summed E-state index contributed by atoms with van der Waals surface area (Å²) in [6, 6.07) is 4.46. The van der Waals surface area contributed by atoms with Crippen LogP contribution in [0.4, 0.5) is 0 Å². The zero-order valence-corrected chi connectivity index (χ0v) is 14.3. The average molecular weight is 303 g/mol. The summed E-state index contributed by atoms with van der Waals surface area (Å²) in [7, 11) is 0. The molecule has 1 aromatic heterocycles. The lowest BCUT2D eigenvalue weighted by Crippen LogP contribution is -2.42. The summed E-state index contributed by atoms with van der Waals surface area (Å²) < 4.78 is 0.842. The molecule has 0 aromatic carbocycles. The van der Waals surface area contributed by atoms with Crippen LogP contribution >= 0.6 is 22.9 Å². The molecular weight excluding hydrogens is 276 g/mol. The number of hydrogen-bond acceptors (Lipinski definition) is 3. The van der Waals surface area contributed by atoms with Gasteiger partial charge in [0, 0.05) is 24.0 Å². The number of nitrogens with zero attached hydrogens (tertiary/aromatic N) is 1. The topological polar surface area (TPSA) is 29.3 Å². The van der Waals surface area contributed by atoms with E-state index in [2.05, 4.69) is 45.6 Å². The highest BCUT2D eigenvalue weighted by Gasteiger charge is 2.26. The van der Waals surface area contributed by atoms with E-state index in [4.69, 9.17) is 17.3 Å². The van der Waals surface area contributed by atoms with Gasteiger partial charge in [-0.25, -0.2) is 0 Å². The molecule has 2 N–H and O–H groups in total. The Morgan fingerprint density at radius 2 is 1.63 bits per heavy atom. The van der Waals surface area contributed by atoms with Crippen LogP contribution in [0.15, 0.2) is 12.1 Å². The van der Waals surface area contributed by atoms with Gasteiger partial charge in [0.05, 0.1) is 10.4 Å². The van der Waals surface area contributed by atoms with Crippen molar-refractivity contribution in [1.82, 2.24) is 4.90 Å². The van der Waals surface area contributed by atoms with Gasteiger partial charge in [0.1, 0.15) is 0 Å². The van der Waals surface area contributed by atoms with E-state index in [1.807, 2.05) is 6.07 Å². The number of thiophene rings is 1. The van der Waals surface area contributed by atoms with Gasteiger partial charge in [0.15, 0.2) is 0 Å². The van der Waals surface area contributed by atoms with Gasteiger partial charge in [-0.2, -0.15) is 0 Å². The maximum atomic E-state index is 6.25. The molecule has 110 valence electrons. The minimum atomic E-state index is 0.104. The smallest absolute Gasteiger partial charge is 0.0931 e. The van der Waals surface area contributed by atoms with Gasteiger partial charge in [-0.3, -0.25) is 4.90 Å². The Morgan fingerprint density at radius 1 is 1.11 bits per heavy atom. The molecule has 0 spiro atoms. The summed E-state index contributed by atoms with van der Waals surface area (Å²) in [6.45, 7) is 13.3. The summed E-state index contributed by atoms with van der Waals surface area (Å²) in [5, 5.41) is 0. The van der Waals surface area contributed by atoms with Crippen LogP contribution in [0.3, 0.4) is 0 Å². The van der Waals surface area contributed by atoms with Crippen molar-refractivity contribution in [2.24, 2.45) is 17.6 Å². The molecule has 19 heavy (non-hydrogen) atoms. The first kappa shape index (κ1) is 17.0. The molecule has 0 amide bonds. The monoisotopic (exact) mass is 302 g/mol. The molecule has 0 aliphatic rings. The van der Waals surface area contributed by atoms with Crippen LogP contribution in [0.5, 0.6) is 0 Å². The van der Waals surface area contributed by atoms with E-state index in [9.17, 15) is 0 Å². The molecule has 0 aliphatic carbocycles. The first-order valence-electron chi connectivity index (χ1n) is 7.06. The lowest BCUT2D eigenvalue weighted by molar-refractivity contribution is 0.142. The third kappa shape index (κ3) is 5.42. The fourth-order valence-electron chi connectivity index (χ4n) is 2.50. The average Bonchev–Trinajstić information content (AvgIpc) is 2.62. The fourth-order valence-corrected chi connectivity index (χ4v) is 3.81. The van der Waals surface area contributed by atoms with Crippen molar-refractivity contribution in [2.45, 2.75) is 46.7 Å². The van der Waals surface area contributed by atoms with Crippen LogP contribution in [-0.4, -0.2) is 24.0 Å². The van der Waals surface area contributed by atoms with Crippen LogP contribution in [0.25, 0.3) is 0 Å². The van der Waals surface area contributed by atoms with Crippen molar-refractivity contribution in [3.8, 4) is 0 Å². The van der Waals surface area contributed by atoms with E-state index in [1.165, 1.54) is 4.88 Å². The molecule has 0 fully saturated rings.